The number of aromatic nitrogens is 6. The number of rotatable bonds is 6. The van der Waals surface area contributed by atoms with Crippen molar-refractivity contribution in [2.24, 2.45) is 0 Å². The molecule has 0 unspecified atom stereocenters. The predicted molar refractivity (Wildman–Crippen MR) is 135 cm³/mol. The quantitative estimate of drug-likeness (QED) is 0.369. The van der Waals surface area contributed by atoms with Gasteiger partial charge in [0.2, 0.25) is 0 Å². The average molecular weight is 443 g/mol. The summed E-state index contributed by atoms with van der Waals surface area (Å²) in [4.78, 5) is 4.74. The average Bonchev–Trinajstić information content (AvgIpc) is 3.54. The Morgan fingerprint density at radius 2 is 1.74 bits per heavy atom. The number of fused-ring (bicyclic) bond motifs is 2. The van der Waals surface area contributed by atoms with E-state index in [2.05, 4.69) is 110 Å². The summed E-state index contributed by atoms with van der Waals surface area (Å²) in [5, 5.41) is 16.8. The predicted octanol–water partition coefficient (Wildman–Crippen LogP) is 5.51. The molecule has 0 amide bonds. The molecule has 0 radical (unpaired) electrons. The maximum Gasteiger partial charge on any atom is 0.178 e. The largest absolute Gasteiger partial charge is 0.343 e. The Balaban J connectivity index is 1.26. The Morgan fingerprint density at radius 3 is 2.68 bits per heavy atom. The summed E-state index contributed by atoms with van der Waals surface area (Å²) in [5.41, 5.74) is 6.73. The molecule has 0 aliphatic heterocycles. The van der Waals surface area contributed by atoms with Gasteiger partial charge in [0.15, 0.2) is 5.82 Å². The third kappa shape index (κ3) is 4.09. The van der Waals surface area contributed by atoms with Crippen LogP contribution in [-0.4, -0.2) is 30.2 Å². The monoisotopic (exact) mass is 442 g/mol. The Bertz CT molecular complexity index is 1610. The van der Waals surface area contributed by atoms with Gasteiger partial charge in [-0.05, 0) is 52.4 Å². The number of hydrogen-bond donors (Lipinski definition) is 1. The zero-order valence-corrected chi connectivity index (χ0v) is 18.5. The summed E-state index contributed by atoms with van der Waals surface area (Å²) in [6.07, 6.45) is 6.97. The zero-order valence-electron chi connectivity index (χ0n) is 18.5. The molecule has 6 rings (SSSR count). The Morgan fingerprint density at radius 1 is 0.824 bits per heavy atom. The Kier molecular flexibility index (Phi) is 5.16. The van der Waals surface area contributed by atoms with Crippen molar-refractivity contribution in [2.45, 2.75) is 13.0 Å². The number of nitrogens with one attached hydrogen (secondary N) is 1. The number of nitrogens with zero attached hydrogens (tertiary/aromatic N) is 5. The lowest BCUT2D eigenvalue weighted by Crippen LogP contribution is -2.01. The third-order valence-electron chi connectivity index (χ3n) is 5.98. The van der Waals surface area contributed by atoms with Gasteiger partial charge in [0.25, 0.3) is 0 Å². The van der Waals surface area contributed by atoms with Gasteiger partial charge in [-0.15, -0.1) is 10.2 Å². The molecular weight excluding hydrogens is 420 g/mol. The second-order valence-electron chi connectivity index (χ2n) is 8.31. The fraction of sp³-hybridized carbons (Fsp3) is 0.0714. The van der Waals surface area contributed by atoms with Gasteiger partial charge in [-0.3, -0.25) is 0 Å². The normalized spacial score (nSPS) is 11.6. The van der Waals surface area contributed by atoms with Crippen LogP contribution in [0.1, 0.15) is 28.2 Å². The topological polar surface area (TPSA) is 72.3 Å². The summed E-state index contributed by atoms with van der Waals surface area (Å²) in [6.45, 7) is 0.780. The van der Waals surface area contributed by atoms with Crippen molar-refractivity contribution < 1.29 is 0 Å². The summed E-state index contributed by atoms with van der Waals surface area (Å²) < 4.78 is 2.29. The molecule has 6 nitrogen and oxygen atoms in total. The molecule has 3 heterocycles. The molecule has 0 saturated heterocycles. The molecule has 3 aromatic heterocycles. The summed E-state index contributed by atoms with van der Waals surface area (Å²) in [5.74, 6) is 0.690. The van der Waals surface area contributed by atoms with E-state index < -0.39 is 0 Å². The number of benzene rings is 3. The first-order valence-corrected chi connectivity index (χ1v) is 11.2. The van der Waals surface area contributed by atoms with Gasteiger partial charge in [-0.2, -0.15) is 5.21 Å². The van der Waals surface area contributed by atoms with Crippen molar-refractivity contribution in [3.63, 3.8) is 0 Å². The van der Waals surface area contributed by atoms with Gasteiger partial charge in [0.1, 0.15) is 0 Å². The maximum atomic E-state index is 4.74. The number of aromatic amines is 1. The van der Waals surface area contributed by atoms with Crippen LogP contribution in [0.4, 0.5) is 0 Å². The van der Waals surface area contributed by atoms with E-state index in [1.807, 2.05) is 18.2 Å². The van der Waals surface area contributed by atoms with E-state index in [-0.39, 0.29) is 0 Å². The Hall–Kier alpha value is -4.58. The minimum atomic E-state index is 0.638. The number of para-hydroxylation sites is 2. The van der Waals surface area contributed by atoms with Gasteiger partial charge in [0, 0.05) is 24.5 Å². The SMILES string of the molecule is C(=C\c1ccc2ccccc2n1)/c1cccc(Cn2ccc3cccc(Cc4nn[nH]n4)c32)c1. The van der Waals surface area contributed by atoms with Crippen LogP contribution in [0.2, 0.25) is 0 Å². The molecule has 0 spiro atoms. The van der Waals surface area contributed by atoms with Crippen LogP contribution in [0.5, 0.6) is 0 Å². The van der Waals surface area contributed by atoms with Crippen LogP contribution in [0.15, 0.2) is 91.1 Å². The molecule has 0 bridgehead atoms. The third-order valence-corrected chi connectivity index (χ3v) is 5.98. The van der Waals surface area contributed by atoms with E-state index in [4.69, 9.17) is 4.98 Å². The van der Waals surface area contributed by atoms with Crippen LogP contribution in [0, 0.1) is 0 Å². The molecule has 0 aliphatic carbocycles. The fourth-order valence-corrected chi connectivity index (χ4v) is 4.39. The molecule has 34 heavy (non-hydrogen) atoms. The van der Waals surface area contributed by atoms with Crippen molar-refractivity contribution in [3.8, 4) is 0 Å². The lowest BCUT2D eigenvalue weighted by molar-refractivity contribution is 0.830. The Labute approximate surface area is 196 Å². The van der Waals surface area contributed by atoms with E-state index >= 15 is 0 Å². The molecule has 0 atom stereocenters. The summed E-state index contributed by atoms with van der Waals surface area (Å²) in [7, 11) is 0. The van der Waals surface area contributed by atoms with Gasteiger partial charge in [0.05, 0.1) is 16.7 Å². The molecule has 6 aromatic rings. The lowest BCUT2D eigenvalue weighted by atomic mass is 10.1. The highest BCUT2D eigenvalue weighted by molar-refractivity contribution is 5.84. The van der Waals surface area contributed by atoms with Crippen LogP contribution in [-0.2, 0) is 13.0 Å². The van der Waals surface area contributed by atoms with Crippen LogP contribution in [0.3, 0.4) is 0 Å². The van der Waals surface area contributed by atoms with Gasteiger partial charge >= 0.3 is 0 Å². The second-order valence-corrected chi connectivity index (χ2v) is 8.31. The van der Waals surface area contributed by atoms with Crippen molar-refractivity contribution >= 4 is 34.0 Å². The van der Waals surface area contributed by atoms with E-state index in [0.29, 0.717) is 12.2 Å². The molecule has 164 valence electrons. The first-order chi connectivity index (χ1) is 16.8. The minimum absolute atomic E-state index is 0.638. The summed E-state index contributed by atoms with van der Waals surface area (Å²) >= 11 is 0. The molecule has 0 aliphatic rings. The van der Waals surface area contributed by atoms with Gasteiger partial charge in [-0.1, -0.05) is 72.0 Å². The van der Waals surface area contributed by atoms with Crippen molar-refractivity contribution in [1.82, 2.24) is 30.2 Å². The highest BCUT2D eigenvalue weighted by atomic mass is 15.5. The van der Waals surface area contributed by atoms with Crippen LogP contribution < -0.4 is 0 Å². The first kappa shape index (κ1) is 20.1. The van der Waals surface area contributed by atoms with Gasteiger partial charge < -0.3 is 4.57 Å². The van der Waals surface area contributed by atoms with E-state index in [1.54, 1.807) is 0 Å². The van der Waals surface area contributed by atoms with Crippen molar-refractivity contribution in [3.05, 3.63) is 119 Å². The van der Waals surface area contributed by atoms with Gasteiger partial charge in [-0.25, -0.2) is 4.98 Å². The molecule has 0 fully saturated rings. The van der Waals surface area contributed by atoms with E-state index in [9.17, 15) is 0 Å². The maximum absolute atomic E-state index is 4.74. The highest BCUT2D eigenvalue weighted by Gasteiger charge is 2.10. The minimum Gasteiger partial charge on any atom is -0.343 e. The first-order valence-electron chi connectivity index (χ1n) is 11.2. The van der Waals surface area contributed by atoms with Crippen molar-refractivity contribution in [2.75, 3.05) is 0 Å². The number of hydrogen-bond acceptors (Lipinski definition) is 4. The zero-order chi connectivity index (χ0) is 22.7. The van der Waals surface area contributed by atoms with Crippen LogP contribution >= 0.6 is 0 Å². The van der Waals surface area contributed by atoms with Crippen LogP contribution in [0.25, 0.3) is 34.0 Å². The molecular formula is C28H22N6. The number of H-pyrrole nitrogens is 1. The molecule has 0 saturated carbocycles. The fourth-order valence-electron chi connectivity index (χ4n) is 4.39. The molecule has 1 N–H and O–H groups in total. The summed E-state index contributed by atoms with van der Waals surface area (Å²) in [6, 6.07) is 29.5. The molecule has 6 heteroatoms. The van der Waals surface area contributed by atoms with Crippen molar-refractivity contribution in [1.29, 1.82) is 0 Å². The second kappa shape index (κ2) is 8.75. The standard InChI is InChI=1S/C28H22N6/c1-2-10-26-22(7-1)12-14-25(29-26)13-11-20-5-3-6-21(17-20)19-34-16-15-23-8-4-9-24(28(23)34)18-27-30-32-33-31-27/h1-17H,18-19H2,(H,30,31,32,33)/b13-11+. The highest BCUT2D eigenvalue weighted by Crippen LogP contribution is 2.23. The number of tetrazole rings is 1. The lowest BCUT2D eigenvalue weighted by Gasteiger charge is -2.10. The number of pyridine rings is 1. The van der Waals surface area contributed by atoms with E-state index in [0.717, 1.165) is 28.7 Å². The smallest absolute Gasteiger partial charge is 0.178 e. The molecule has 3 aromatic carbocycles. The van der Waals surface area contributed by atoms with E-state index in [1.165, 1.54) is 22.0 Å².